The highest BCUT2D eigenvalue weighted by atomic mass is 35.5. The van der Waals surface area contributed by atoms with Crippen LogP contribution >= 0.6 is 24.0 Å². The van der Waals surface area contributed by atoms with E-state index in [9.17, 15) is 8.42 Å². The molecule has 0 radical (unpaired) electrons. The lowest BCUT2D eigenvalue weighted by molar-refractivity contribution is 0.576. The Hall–Kier alpha value is -0.850. The van der Waals surface area contributed by atoms with Crippen LogP contribution in [0.3, 0.4) is 0 Å². The lowest BCUT2D eigenvalue weighted by Gasteiger charge is -2.11. The van der Waals surface area contributed by atoms with Crippen LogP contribution in [0.25, 0.3) is 10.8 Å². The molecule has 2 N–H and O–H groups in total. The highest BCUT2D eigenvalue weighted by Crippen LogP contribution is 2.28. The van der Waals surface area contributed by atoms with E-state index in [1.54, 1.807) is 24.3 Å². The SMILES string of the molecule is CCCNCCNS(=O)(=O)c1ccc(Cl)c2ccccc12.Cl. The van der Waals surface area contributed by atoms with Crippen LogP contribution in [0.4, 0.5) is 0 Å². The maximum absolute atomic E-state index is 12.4. The van der Waals surface area contributed by atoms with E-state index in [1.165, 1.54) is 0 Å². The standard InChI is InChI=1S/C15H19ClN2O2S.ClH/c1-2-9-17-10-11-18-21(19,20)15-8-7-14(16)12-5-3-4-6-13(12)15;/h3-8,17-18H,2,9-11H2,1H3;1H. The molecule has 0 fully saturated rings. The summed E-state index contributed by atoms with van der Waals surface area (Å²) in [5, 5.41) is 5.09. The molecule has 0 aliphatic carbocycles. The van der Waals surface area contributed by atoms with Crippen LogP contribution in [0.5, 0.6) is 0 Å². The molecular weight excluding hydrogens is 343 g/mol. The second kappa shape index (κ2) is 8.70. The van der Waals surface area contributed by atoms with Crippen molar-refractivity contribution in [1.82, 2.24) is 10.0 Å². The predicted molar refractivity (Wildman–Crippen MR) is 94.6 cm³/mol. The monoisotopic (exact) mass is 362 g/mol. The normalized spacial score (nSPS) is 11.4. The Kier molecular flexibility index (Phi) is 7.59. The maximum atomic E-state index is 12.4. The highest BCUT2D eigenvalue weighted by Gasteiger charge is 2.17. The molecule has 0 heterocycles. The highest BCUT2D eigenvalue weighted by molar-refractivity contribution is 7.89. The summed E-state index contributed by atoms with van der Waals surface area (Å²) in [6, 6.07) is 10.4. The van der Waals surface area contributed by atoms with Gasteiger partial charge in [-0.05, 0) is 25.1 Å². The summed E-state index contributed by atoms with van der Waals surface area (Å²) in [7, 11) is -3.54. The van der Waals surface area contributed by atoms with Crippen molar-refractivity contribution in [3.63, 3.8) is 0 Å². The largest absolute Gasteiger partial charge is 0.315 e. The molecule has 0 unspecified atom stereocenters. The van der Waals surface area contributed by atoms with Crippen LogP contribution in [-0.2, 0) is 10.0 Å². The lowest BCUT2D eigenvalue weighted by Crippen LogP contribution is -2.32. The van der Waals surface area contributed by atoms with Gasteiger partial charge in [0, 0.05) is 28.9 Å². The van der Waals surface area contributed by atoms with Crippen LogP contribution in [0, 0.1) is 0 Å². The molecule has 2 aromatic carbocycles. The Bertz CT molecular complexity index is 721. The molecule has 0 aromatic heterocycles. The van der Waals surface area contributed by atoms with Crippen molar-refractivity contribution in [2.75, 3.05) is 19.6 Å². The molecule has 0 amide bonds. The van der Waals surface area contributed by atoms with Gasteiger partial charge in [0.15, 0.2) is 0 Å². The first-order valence-corrected chi connectivity index (χ1v) is 8.80. The molecule has 2 aromatic rings. The van der Waals surface area contributed by atoms with Gasteiger partial charge in [0.05, 0.1) is 4.90 Å². The van der Waals surface area contributed by atoms with Crippen molar-refractivity contribution in [2.24, 2.45) is 0 Å². The summed E-state index contributed by atoms with van der Waals surface area (Å²) in [5.74, 6) is 0. The Morgan fingerprint density at radius 2 is 1.68 bits per heavy atom. The van der Waals surface area contributed by atoms with Crippen LogP contribution in [-0.4, -0.2) is 28.1 Å². The van der Waals surface area contributed by atoms with Gasteiger partial charge in [-0.1, -0.05) is 42.8 Å². The summed E-state index contributed by atoms with van der Waals surface area (Å²) in [6.45, 7) is 3.92. The zero-order valence-electron chi connectivity index (χ0n) is 12.3. The van der Waals surface area contributed by atoms with Crippen molar-refractivity contribution in [2.45, 2.75) is 18.2 Å². The lowest BCUT2D eigenvalue weighted by atomic mass is 10.1. The van der Waals surface area contributed by atoms with Gasteiger partial charge >= 0.3 is 0 Å². The Labute approximate surface area is 142 Å². The summed E-state index contributed by atoms with van der Waals surface area (Å²) in [4.78, 5) is 0.262. The smallest absolute Gasteiger partial charge is 0.241 e. The Morgan fingerprint density at radius 1 is 1.00 bits per heavy atom. The number of halogens is 2. The van der Waals surface area contributed by atoms with Crippen LogP contribution < -0.4 is 10.0 Å². The second-order valence-electron chi connectivity index (χ2n) is 4.74. The van der Waals surface area contributed by atoms with Crippen molar-refractivity contribution in [1.29, 1.82) is 0 Å². The van der Waals surface area contributed by atoms with Crippen molar-refractivity contribution >= 4 is 44.8 Å². The second-order valence-corrected chi connectivity index (χ2v) is 6.88. The van der Waals surface area contributed by atoms with E-state index in [4.69, 9.17) is 11.6 Å². The summed E-state index contributed by atoms with van der Waals surface area (Å²) >= 11 is 6.12. The molecule has 7 heteroatoms. The fourth-order valence-electron chi connectivity index (χ4n) is 2.12. The van der Waals surface area contributed by atoms with Crippen LogP contribution in [0.1, 0.15) is 13.3 Å². The fraction of sp³-hybridized carbons (Fsp3) is 0.333. The van der Waals surface area contributed by atoms with Gasteiger partial charge in [-0.25, -0.2) is 13.1 Å². The molecule has 0 saturated carbocycles. The summed E-state index contributed by atoms with van der Waals surface area (Å²) < 4.78 is 27.4. The molecule has 22 heavy (non-hydrogen) atoms. The van der Waals surface area contributed by atoms with Gasteiger partial charge in [0.1, 0.15) is 0 Å². The van der Waals surface area contributed by atoms with E-state index in [-0.39, 0.29) is 17.3 Å². The number of rotatable bonds is 7. The summed E-state index contributed by atoms with van der Waals surface area (Å²) in [5.41, 5.74) is 0. The van der Waals surface area contributed by atoms with Crippen molar-refractivity contribution < 1.29 is 8.42 Å². The third-order valence-corrected chi connectivity index (χ3v) is 4.99. The molecule has 122 valence electrons. The van der Waals surface area contributed by atoms with Gasteiger partial charge in [-0.3, -0.25) is 0 Å². The zero-order valence-corrected chi connectivity index (χ0v) is 14.7. The van der Waals surface area contributed by atoms with Gasteiger partial charge < -0.3 is 5.32 Å². The molecule has 0 saturated heterocycles. The van der Waals surface area contributed by atoms with Gasteiger partial charge in [-0.2, -0.15) is 0 Å². The first-order valence-electron chi connectivity index (χ1n) is 6.94. The minimum atomic E-state index is -3.54. The number of nitrogens with one attached hydrogen (secondary N) is 2. The third kappa shape index (κ3) is 4.57. The van der Waals surface area contributed by atoms with Gasteiger partial charge in [0.25, 0.3) is 0 Å². The first kappa shape index (κ1) is 19.2. The average molecular weight is 363 g/mol. The quantitative estimate of drug-likeness (QED) is 0.743. The fourth-order valence-corrected chi connectivity index (χ4v) is 3.59. The molecule has 2 rings (SSSR count). The maximum Gasteiger partial charge on any atom is 0.241 e. The van der Waals surface area contributed by atoms with Gasteiger partial charge in [-0.15, -0.1) is 12.4 Å². The molecular formula is C15H20Cl2N2O2S. The molecule has 4 nitrogen and oxygen atoms in total. The average Bonchev–Trinajstić information content (AvgIpc) is 2.47. The van der Waals surface area contributed by atoms with E-state index >= 15 is 0 Å². The zero-order chi connectivity index (χ0) is 15.3. The van der Waals surface area contributed by atoms with Crippen LogP contribution in [0.2, 0.25) is 5.02 Å². The van der Waals surface area contributed by atoms with Crippen LogP contribution in [0.15, 0.2) is 41.3 Å². The molecule has 0 atom stereocenters. The third-order valence-electron chi connectivity index (χ3n) is 3.14. The van der Waals surface area contributed by atoms with Crippen molar-refractivity contribution in [3.8, 4) is 0 Å². The topological polar surface area (TPSA) is 58.2 Å². The minimum absolute atomic E-state index is 0. The molecule has 0 aliphatic rings. The number of hydrogen-bond acceptors (Lipinski definition) is 3. The predicted octanol–water partition coefficient (Wildman–Crippen LogP) is 3.19. The molecule has 0 aliphatic heterocycles. The number of hydrogen-bond donors (Lipinski definition) is 2. The Morgan fingerprint density at radius 3 is 2.36 bits per heavy atom. The first-order chi connectivity index (χ1) is 10.1. The van der Waals surface area contributed by atoms with E-state index in [2.05, 4.69) is 17.0 Å². The van der Waals surface area contributed by atoms with Gasteiger partial charge in [0.2, 0.25) is 10.0 Å². The molecule has 0 bridgehead atoms. The Balaban J connectivity index is 0.00000242. The number of fused-ring (bicyclic) bond motifs is 1. The summed E-state index contributed by atoms with van der Waals surface area (Å²) in [6.07, 6.45) is 1.02. The minimum Gasteiger partial charge on any atom is -0.315 e. The van der Waals surface area contributed by atoms with E-state index in [1.807, 2.05) is 12.1 Å². The van der Waals surface area contributed by atoms with Crippen molar-refractivity contribution in [3.05, 3.63) is 41.4 Å². The number of sulfonamides is 1. The van der Waals surface area contributed by atoms with E-state index < -0.39 is 10.0 Å². The van der Waals surface area contributed by atoms with E-state index in [0.29, 0.717) is 23.5 Å². The van der Waals surface area contributed by atoms with E-state index in [0.717, 1.165) is 18.4 Å². The number of benzene rings is 2. The molecule has 0 spiro atoms.